The largest absolute Gasteiger partial charge is 0.438 e. The Morgan fingerprint density at radius 1 is 1.12 bits per heavy atom. The van der Waals surface area contributed by atoms with Crippen molar-refractivity contribution in [1.82, 2.24) is 14.3 Å². The van der Waals surface area contributed by atoms with Crippen LogP contribution in [0, 0.1) is 5.92 Å². The highest BCUT2D eigenvalue weighted by molar-refractivity contribution is 8.26. The molecule has 0 spiro atoms. The molecular weight excluding hydrogens is 466 g/mol. The molecular formula is C26H27N3O3S2. The fourth-order valence-electron chi connectivity index (χ4n) is 3.57. The Morgan fingerprint density at radius 3 is 2.47 bits per heavy atom. The summed E-state index contributed by atoms with van der Waals surface area (Å²) in [6.45, 7) is 11.0. The third kappa shape index (κ3) is 4.93. The second-order valence-electron chi connectivity index (χ2n) is 9.63. The van der Waals surface area contributed by atoms with Crippen molar-refractivity contribution in [2.24, 2.45) is 5.92 Å². The van der Waals surface area contributed by atoms with E-state index in [0.717, 1.165) is 0 Å². The minimum atomic E-state index is -0.318. The average Bonchev–Trinajstić information content (AvgIpc) is 3.03. The quantitative estimate of drug-likeness (QED) is 0.338. The first-order valence-electron chi connectivity index (χ1n) is 11.1. The van der Waals surface area contributed by atoms with Gasteiger partial charge in [0, 0.05) is 12.7 Å². The highest BCUT2D eigenvalue weighted by Gasteiger charge is 2.33. The lowest BCUT2D eigenvalue weighted by Crippen LogP contribution is -2.31. The Kier molecular flexibility index (Phi) is 6.64. The van der Waals surface area contributed by atoms with Crippen molar-refractivity contribution in [1.29, 1.82) is 0 Å². The predicted octanol–water partition coefficient (Wildman–Crippen LogP) is 5.64. The van der Waals surface area contributed by atoms with Gasteiger partial charge >= 0.3 is 0 Å². The van der Waals surface area contributed by atoms with E-state index in [1.54, 1.807) is 35.4 Å². The first-order chi connectivity index (χ1) is 16.0. The number of thioether (sulfide) groups is 1. The molecule has 1 aliphatic heterocycles. The fraction of sp³-hybridized carbons (Fsp3) is 0.308. The highest BCUT2D eigenvalue weighted by Crippen LogP contribution is 2.34. The number of rotatable bonds is 5. The molecule has 4 rings (SSSR count). The third-order valence-corrected chi connectivity index (χ3v) is 6.74. The summed E-state index contributed by atoms with van der Waals surface area (Å²) < 4.78 is 8.02. The van der Waals surface area contributed by atoms with E-state index in [1.165, 1.54) is 21.7 Å². The van der Waals surface area contributed by atoms with Gasteiger partial charge in [0.15, 0.2) is 0 Å². The van der Waals surface area contributed by atoms with Crippen molar-refractivity contribution < 1.29 is 9.53 Å². The third-order valence-electron chi connectivity index (χ3n) is 5.37. The number of carbonyl (C=O) groups is 1. The van der Waals surface area contributed by atoms with Crippen LogP contribution >= 0.6 is 24.0 Å². The van der Waals surface area contributed by atoms with Gasteiger partial charge in [-0.25, -0.2) is 0 Å². The average molecular weight is 494 g/mol. The normalized spacial score (nSPS) is 15.7. The number of hydrogen-bond donors (Lipinski definition) is 0. The molecule has 2 aromatic heterocycles. The first-order valence-corrected chi connectivity index (χ1v) is 12.3. The Labute approximate surface area is 208 Å². The van der Waals surface area contributed by atoms with Gasteiger partial charge in [-0.15, -0.1) is 0 Å². The van der Waals surface area contributed by atoms with Crippen LogP contribution in [0.25, 0.3) is 11.7 Å². The molecule has 0 aliphatic carbocycles. The standard InChI is InChI=1S/C26H27N3O3S2/c1-16(2)15-29-24(31)20(34-25(29)33)14-19-22(27-21-8-6-7-13-28(21)23(19)30)32-18-11-9-17(10-12-18)26(3,4)5/h6-14,16H,15H2,1-5H3/b20-14-. The second-order valence-corrected chi connectivity index (χ2v) is 11.3. The number of hydrogen-bond acceptors (Lipinski definition) is 6. The molecule has 34 heavy (non-hydrogen) atoms. The zero-order valence-electron chi connectivity index (χ0n) is 19.9. The number of ether oxygens (including phenoxy) is 1. The SMILES string of the molecule is CC(C)CN1C(=O)/C(=C/c2c(Oc3ccc(C(C)(C)C)cc3)nc3ccccn3c2=O)SC1=S. The van der Waals surface area contributed by atoms with Crippen LogP contribution in [0.2, 0.25) is 0 Å². The molecule has 1 amide bonds. The molecule has 1 saturated heterocycles. The van der Waals surface area contributed by atoms with Crippen LogP contribution in [0.5, 0.6) is 11.6 Å². The van der Waals surface area contributed by atoms with E-state index in [4.69, 9.17) is 17.0 Å². The maximum atomic E-state index is 13.4. The molecule has 8 heteroatoms. The number of amides is 1. The van der Waals surface area contributed by atoms with Crippen molar-refractivity contribution in [3.63, 3.8) is 0 Å². The monoisotopic (exact) mass is 493 g/mol. The van der Waals surface area contributed by atoms with Crippen molar-refractivity contribution in [2.45, 2.75) is 40.0 Å². The number of carbonyl (C=O) groups excluding carboxylic acids is 1. The van der Waals surface area contributed by atoms with E-state index < -0.39 is 0 Å². The number of thiocarbonyl (C=S) groups is 1. The summed E-state index contributed by atoms with van der Waals surface area (Å²) in [5.74, 6) is 0.766. The van der Waals surface area contributed by atoms with Crippen LogP contribution in [0.15, 0.2) is 58.4 Å². The molecule has 6 nitrogen and oxygen atoms in total. The number of pyridine rings is 1. The lowest BCUT2D eigenvalue weighted by Gasteiger charge is -2.19. The summed E-state index contributed by atoms with van der Waals surface area (Å²) in [6, 6.07) is 13.0. The van der Waals surface area contributed by atoms with Gasteiger partial charge in [0.05, 0.1) is 4.91 Å². The Morgan fingerprint density at radius 2 is 1.82 bits per heavy atom. The molecule has 0 N–H and O–H groups in total. The van der Waals surface area contributed by atoms with Crippen LogP contribution < -0.4 is 10.3 Å². The summed E-state index contributed by atoms with van der Waals surface area (Å²) in [6.07, 6.45) is 3.20. The molecule has 1 aliphatic rings. The molecule has 0 unspecified atom stereocenters. The summed E-state index contributed by atoms with van der Waals surface area (Å²) in [4.78, 5) is 32.9. The fourth-order valence-corrected chi connectivity index (χ4v) is 4.83. The summed E-state index contributed by atoms with van der Waals surface area (Å²) in [7, 11) is 0. The molecule has 3 aromatic rings. The highest BCUT2D eigenvalue weighted by atomic mass is 32.2. The van der Waals surface area contributed by atoms with Crippen molar-refractivity contribution in [3.05, 3.63) is 75.0 Å². The zero-order chi connectivity index (χ0) is 24.6. The summed E-state index contributed by atoms with van der Waals surface area (Å²) in [5.41, 5.74) is 1.52. The summed E-state index contributed by atoms with van der Waals surface area (Å²) in [5, 5.41) is 0. The van der Waals surface area contributed by atoms with Crippen LogP contribution in [-0.4, -0.2) is 31.1 Å². The van der Waals surface area contributed by atoms with Crippen LogP contribution in [0.4, 0.5) is 0 Å². The van der Waals surface area contributed by atoms with E-state index in [1.807, 2.05) is 38.1 Å². The Bertz CT molecular complexity index is 1350. The van der Waals surface area contributed by atoms with Gasteiger partial charge in [-0.1, -0.05) is 76.8 Å². The molecule has 3 heterocycles. The van der Waals surface area contributed by atoms with Crippen molar-refractivity contribution in [2.75, 3.05) is 6.54 Å². The minimum Gasteiger partial charge on any atom is -0.438 e. The van der Waals surface area contributed by atoms with Gasteiger partial charge in [-0.3, -0.25) is 18.9 Å². The van der Waals surface area contributed by atoms with Crippen LogP contribution in [0.3, 0.4) is 0 Å². The molecule has 0 radical (unpaired) electrons. The van der Waals surface area contributed by atoms with Gasteiger partial charge in [0.1, 0.15) is 21.3 Å². The molecule has 0 bridgehead atoms. The summed E-state index contributed by atoms with van der Waals surface area (Å²) >= 11 is 6.61. The van der Waals surface area contributed by atoms with E-state index in [0.29, 0.717) is 27.2 Å². The topological polar surface area (TPSA) is 63.9 Å². The van der Waals surface area contributed by atoms with E-state index >= 15 is 0 Å². The second kappa shape index (κ2) is 9.35. The van der Waals surface area contributed by atoms with Crippen LogP contribution in [-0.2, 0) is 10.2 Å². The van der Waals surface area contributed by atoms with Crippen LogP contribution in [0.1, 0.15) is 45.7 Å². The number of aromatic nitrogens is 2. The predicted molar refractivity (Wildman–Crippen MR) is 141 cm³/mol. The zero-order valence-corrected chi connectivity index (χ0v) is 21.5. The van der Waals surface area contributed by atoms with Gasteiger partial charge in [0.25, 0.3) is 11.5 Å². The van der Waals surface area contributed by atoms with Gasteiger partial charge in [0.2, 0.25) is 5.88 Å². The van der Waals surface area contributed by atoms with Crippen molar-refractivity contribution >= 4 is 45.9 Å². The molecule has 0 atom stereocenters. The lowest BCUT2D eigenvalue weighted by atomic mass is 9.87. The number of nitrogens with zero attached hydrogens (tertiary/aromatic N) is 3. The minimum absolute atomic E-state index is 0.00841. The molecule has 1 aromatic carbocycles. The first kappa shape index (κ1) is 24.2. The number of fused-ring (bicyclic) bond motifs is 1. The Balaban J connectivity index is 1.79. The molecule has 0 saturated carbocycles. The Hall–Kier alpha value is -2.97. The maximum Gasteiger partial charge on any atom is 0.269 e. The van der Waals surface area contributed by atoms with E-state index in [2.05, 4.69) is 25.8 Å². The van der Waals surface area contributed by atoms with Gasteiger partial charge in [-0.2, -0.15) is 4.98 Å². The molecule has 176 valence electrons. The lowest BCUT2D eigenvalue weighted by molar-refractivity contribution is -0.122. The van der Waals surface area contributed by atoms with E-state index in [-0.39, 0.29) is 34.2 Å². The number of benzene rings is 1. The van der Waals surface area contributed by atoms with Gasteiger partial charge < -0.3 is 4.74 Å². The van der Waals surface area contributed by atoms with E-state index in [9.17, 15) is 9.59 Å². The smallest absolute Gasteiger partial charge is 0.269 e. The maximum absolute atomic E-state index is 13.4. The molecule has 1 fully saturated rings. The van der Waals surface area contributed by atoms with Crippen molar-refractivity contribution in [3.8, 4) is 11.6 Å². The van der Waals surface area contributed by atoms with Gasteiger partial charge in [-0.05, 0) is 47.2 Å².